The zero-order chi connectivity index (χ0) is 10.1. The summed E-state index contributed by atoms with van der Waals surface area (Å²) in [6.45, 7) is 1.10. The Morgan fingerprint density at radius 2 is 2.00 bits per heavy atom. The Morgan fingerprint density at radius 3 is 2.53 bits per heavy atom. The van der Waals surface area contributed by atoms with Gasteiger partial charge in [-0.2, -0.15) is 0 Å². The van der Waals surface area contributed by atoms with Crippen LogP contribution in [0.15, 0.2) is 18.6 Å². The number of hydrogen-bond acceptors (Lipinski definition) is 3. The summed E-state index contributed by atoms with van der Waals surface area (Å²) in [6.07, 6.45) is 9.20. The van der Waals surface area contributed by atoms with E-state index in [0.717, 1.165) is 30.1 Å². The first-order valence-corrected chi connectivity index (χ1v) is 5.93. The Labute approximate surface area is 90.3 Å². The number of aromatic nitrogens is 2. The largest absolute Gasteiger partial charge is 0.370 e. The molecule has 2 saturated carbocycles. The van der Waals surface area contributed by atoms with Crippen molar-refractivity contribution in [1.29, 1.82) is 0 Å². The van der Waals surface area contributed by atoms with Gasteiger partial charge in [-0.15, -0.1) is 0 Å². The molecule has 3 rings (SSSR count). The fourth-order valence-corrected chi connectivity index (χ4v) is 2.38. The molecule has 3 heteroatoms. The molecule has 0 amide bonds. The smallest absolute Gasteiger partial charge is 0.129 e. The SMILES string of the molecule is c1cc(NCC(C2CC2)C2CC2)ncn1. The van der Waals surface area contributed by atoms with E-state index in [1.165, 1.54) is 25.7 Å². The molecular weight excluding hydrogens is 186 g/mol. The molecule has 0 unspecified atom stereocenters. The third kappa shape index (κ3) is 2.28. The lowest BCUT2D eigenvalue weighted by Crippen LogP contribution is -2.18. The van der Waals surface area contributed by atoms with Crippen LogP contribution in [0.3, 0.4) is 0 Å². The van der Waals surface area contributed by atoms with E-state index >= 15 is 0 Å². The lowest BCUT2D eigenvalue weighted by Gasteiger charge is -2.16. The van der Waals surface area contributed by atoms with Gasteiger partial charge >= 0.3 is 0 Å². The fraction of sp³-hybridized carbons (Fsp3) is 0.667. The van der Waals surface area contributed by atoms with Crippen molar-refractivity contribution >= 4 is 5.82 Å². The van der Waals surface area contributed by atoms with Crippen LogP contribution in [0.5, 0.6) is 0 Å². The molecule has 2 fully saturated rings. The molecule has 0 atom stereocenters. The van der Waals surface area contributed by atoms with E-state index in [4.69, 9.17) is 0 Å². The highest BCUT2D eigenvalue weighted by Crippen LogP contribution is 2.49. The highest BCUT2D eigenvalue weighted by atomic mass is 15.0. The minimum absolute atomic E-state index is 0.903. The average Bonchev–Trinajstić information content (AvgIpc) is 3.14. The Morgan fingerprint density at radius 1 is 1.27 bits per heavy atom. The third-order valence-electron chi connectivity index (χ3n) is 3.56. The zero-order valence-electron chi connectivity index (χ0n) is 8.89. The van der Waals surface area contributed by atoms with E-state index < -0.39 is 0 Å². The van der Waals surface area contributed by atoms with Gasteiger partial charge in [0, 0.05) is 12.7 Å². The van der Waals surface area contributed by atoms with E-state index in [2.05, 4.69) is 15.3 Å². The van der Waals surface area contributed by atoms with E-state index in [0.29, 0.717) is 0 Å². The predicted molar refractivity (Wildman–Crippen MR) is 59.5 cm³/mol. The highest BCUT2D eigenvalue weighted by molar-refractivity contribution is 5.31. The fourth-order valence-electron chi connectivity index (χ4n) is 2.38. The first-order chi connectivity index (χ1) is 7.43. The van der Waals surface area contributed by atoms with Crippen molar-refractivity contribution in [1.82, 2.24) is 9.97 Å². The average molecular weight is 203 g/mol. The molecule has 1 N–H and O–H groups in total. The molecule has 1 heterocycles. The molecule has 3 nitrogen and oxygen atoms in total. The van der Waals surface area contributed by atoms with Gasteiger partial charge in [-0.25, -0.2) is 9.97 Å². The molecule has 0 aromatic carbocycles. The van der Waals surface area contributed by atoms with Gasteiger partial charge in [-0.3, -0.25) is 0 Å². The van der Waals surface area contributed by atoms with E-state index in [9.17, 15) is 0 Å². The van der Waals surface area contributed by atoms with Crippen LogP contribution in [0.25, 0.3) is 0 Å². The van der Waals surface area contributed by atoms with Gasteiger partial charge in [-0.1, -0.05) is 0 Å². The number of nitrogens with zero attached hydrogens (tertiary/aromatic N) is 2. The van der Waals surface area contributed by atoms with Crippen molar-refractivity contribution in [2.24, 2.45) is 17.8 Å². The van der Waals surface area contributed by atoms with Crippen LogP contribution in [-0.4, -0.2) is 16.5 Å². The van der Waals surface area contributed by atoms with Gasteiger partial charge in [0.2, 0.25) is 0 Å². The Bertz CT molecular complexity index is 305. The molecule has 2 aliphatic rings. The van der Waals surface area contributed by atoms with Crippen LogP contribution in [0.1, 0.15) is 25.7 Å². The molecule has 0 spiro atoms. The van der Waals surface area contributed by atoms with Crippen molar-refractivity contribution in [2.45, 2.75) is 25.7 Å². The lowest BCUT2D eigenvalue weighted by molar-refractivity contribution is 0.427. The molecule has 1 aromatic rings. The summed E-state index contributed by atoms with van der Waals surface area (Å²) in [4.78, 5) is 8.10. The van der Waals surface area contributed by atoms with Crippen molar-refractivity contribution in [3.63, 3.8) is 0 Å². The second-order valence-electron chi connectivity index (χ2n) is 4.81. The summed E-state index contributed by atoms with van der Waals surface area (Å²) in [7, 11) is 0. The Hall–Kier alpha value is -1.12. The lowest BCUT2D eigenvalue weighted by atomic mass is 9.98. The number of anilines is 1. The van der Waals surface area contributed by atoms with Gasteiger partial charge in [0.15, 0.2) is 0 Å². The van der Waals surface area contributed by atoms with E-state index in [-0.39, 0.29) is 0 Å². The molecule has 0 aliphatic heterocycles. The maximum Gasteiger partial charge on any atom is 0.129 e. The van der Waals surface area contributed by atoms with Gasteiger partial charge < -0.3 is 5.32 Å². The van der Waals surface area contributed by atoms with Crippen molar-refractivity contribution in [3.05, 3.63) is 18.6 Å². The standard InChI is InChI=1S/C12H17N3/c1-2-9(1)11(10-3-4-10)7-14-12-5-6-13-8-15-12/h5-6,8-11H,1-4,7H2,(H,13,14,15). The molecule has 80 valence electrons. The molecule has 15 heavy (non-hydrogen) atoms. The molecular formula is C12H17N3. The molecule has 0 radical (unpaired) electrons. The molecule has 0 bridgehead atoms. The summed E-state index contributed by atoms with van der Waals surface area (Å²) in [5.74, 6) is 3.88. The van der Waals surface area contributed by atoms with Gasteiger partial charge in [-0.05, 0) is 49.5 Å². The van der Waals surface area contributed by atoms with Crippen LogP contribution in [0, 0.1) is 17.8 Å². The Balaban J connectivity index is 1.55. The Kier molecular flexibility index (Phi) is 2.31. The quantitative estimate of drug-likeness (QED) is 0.798. The predicted octanol–water partition coefficient (Wildman–Crippen LogP) is 2.32. The number of rotatable bonds is 5. The van der Waals surface area contributed by atoms with Crippen LogP contribution < -0.4 is 5.32 Å². The zero-order valence-corrected chi connectivity index (χ0v) is 8.89. The molecule has 2 aliphatic carbocycles. The second kappa shape index (κ2) is 3.80. The summed E-state index contributed by atoms with van der Waals surface area (Å²) in [5, 5.41) is 3.44. The van der Waals surface area contributed by atoms with E-state index in [1.54, 1.807) is 12.5 Å². The first-order valence-electron chi connectivity index (χ1n) is 5.93. The summed E-state index contributed by atoms with van der Waals surface area (Å²) >= 11 is 0. The topological polar surface area (TPSA) is 37.8 Å². The van der Waals surface area contributed by atoms with Crippen LogP contribution in [-0.2, 0) is 0 Å². The minimum Gasteiger partial charge on any atom is -0.370 e. The number of hydrogen-bond donors (Lipinski definition) is 1. The first kappa shape index (κ1) is 9.13. The van der Waals surface area contributed by atoms with Gasteiger partial charge in [0.25, 0.3) is 0 Å². The maximum atomic E-state index is 4.19. The van der Waals surface area contributed by atoms with E-state index in [1.807, 2.05) is 6.07 Å². The molecule has 1 aromatic heterocycles. The van der Waals surface area contributed by atoms with Crippen molar-refractivity contribution < 1.29 is 0 Å². The third-order valence-corrected chi connectivity index (χ3v) is 3.56. The highest BCUT2D eigenvalue weighted by Gasteiger charge is 2.40. The number of nitrogens with one attached hydrogen (secondary N) is 1. The molecule has 0 saturated heterocycles. The summed E-state index contributed by atoms with van der Waals surface area (Å²) in [5.41, 5.74) is 0. The summed E-state index contributed by atoms with van der Waals surface area (Å²) in [6, 6.07) is 1.94. The van der Waals surface area contributed by atoms with Crippen molar-refractivity contribution in [3.8, 4) is 0 Å². The normalized spacial score (nSPS) is 20.6. The van der Waals surface area contributed by atoms with Crippen molar-refractivity contribution in [2.75, 3.05) is 11.9 Å². The maximum absolute atomic E-state index is 4.19. The van der Waals surface area contributed by atoms with Crippen LogP contribution >= 0.6 is 0 Å². The summed E-state index contributed by atoms with van der Waals surface area (Å²) < 4.78 is 0. The van der Waals surface area contributed by atoms with Gasteiger partial charge in [0.1, 0.15) is 12.1 Å². The second-order valence-corrected chi connectivity index (χ2v) is 4.81. The van der Waals surface area contributed by atoms with Crippen LogP contribution in [0.4, 0.5) is 5.82 Å². The van der Waals surface area contributed by atoms with Crippen LogP contribution in [0.2, 0.25) is 0 Å². The monoisotopic (exact) mass is 203 g/mol. The minimum atomic E-state index is 0.903. The van der Waals surface area contributed by atoms with Gasteiger partial charge in [0.05, 0.1) is 0 Å².